The van der Waals surface area contributed by atoms with Crippen LogP contribution in [0.1, 0.15) is 34.5 Å². The van der Waals surface area contributed by atoms with Crippen molar-refractivity contribution in [2.24, 2.45) is 0 Å². The number of hydrogen-bond donors (Lipinski definition) is 0. The topological polar surface area (TPSA) is 20.3 Å². The fraction of sp³-hybridized carbons (Fsp3) is 0.235. The molecule has 2 aromatic rings. The lowest BCUT2D eigenvalue weighted by Crippen LogP contribution is -2.29. The van der Waals surface area contributed by atoms with E-state index in [0.717, 1.165) is 11.1 Å². The molecule has 0 aliphatic carbocycles. The van der Waals surface area contributed by atoms with E-state index in [4.69, 9.17) is 11.6 Å². The van der Waals surface area contributed by atoms with Crippen LogP contribution in [0, 0.1) is 5.82 Å². The molecule has 0 saturated carbocycles. The van der Waals surface area contributed by atoms with Crippen LogP contribution in [0.2, 0.25) is 0 Å². The number of amides is 1. The fourth-order valence-corrected chi connectivity index (χ4v) is 2.26. The zero-order valence-electron chi connectivity index (χ0n) is 12.0. The van der Waals surface area contributed by atoms with Gasteiger partial charge in [-0.3, -0.25) is 4.79 Å². The van der Waals surface area contributed by atoms with Crippen LogP contribution in [0.4, 0.5) is 4.39 Å². The van der Waals surface area contributed by atoms with Crippen molar-refractivity contribution in [1.29, 1.82) is 0 Å². The van der Waals surface area contributed by atoms with E-state index in [2.05, 4.69) is 0 Å². The van der Waals surface area contributed by atoms with Crippen LogP contribution >= 0.6 is 11.6 Å². The van der Waals surface area contributed by atoms with Gasteiger partial charge < -0.3 is 4.90 Å². The number of benzene rings is 2. The summed E-state index contributed by atoms with van der Waals surface area (Å²) in [5.74, 6) is 0.0700. The summed E-state index contributed by atoms with van der Waals surface area (Å²) in [7, 11) is 1.74. The maximum absolute atomic E-state index is 13.0. The van der Waals surface area contributed by atoms with Crippen LogP contribution < -0.4 is 0 Å². The third-order valence-electron chi connectivity index (χ3n) is 3.61. The maximum atomic E-state index is 13.0. The molecule has 2 aromatic carbocycles. The van der Waals surface area contributed by atoms with Crippen LogP contribution in [0.3, 0.4) is 0 Å². The summed E-state index contributed by atoms with van der Waals surface area (Å²) >= 11 is 5.74. The Morgan fingerprint density at radius 2 is 1.71 bits per heavy atom. The quantitative estimate of drug-likeness (QED) is 0.767. The van der Waals surface area contributed by atoms with Gasteiger partial charge in [0.15, 0.2) is 0 Å². The molecule has 21 heavy (non-hydrogen) atoms. The first-order valence-electron chi connectivity index (χ1n) is 6.70. The highest BCUT2D eigenvalue weighted by Crippen LogP contribution is 2.21. The Kier molecular flexibility index (Phi) is 4.97. The smallest absolute Gasteiger partial charge is 0.254 e. The number of carbonyl (C=O) groups excluding carboxylic acids is 1. The molecule has 0 radical (unpaired) electrons. The number of nitrogens with zero attached hydrogens (tertiary/aromatic N) is 1. The van der Waals surface area contributed by atoms with Crippen LogP contribution in [0.15, 0.2) is 48.5 Å². The normalized spacial score (nSPS) is 12.0. The van der Waals surface area contributed by atoms with Crippen molar-refractivity contribution in [3.63, 3.8) is 0 Å². The first-order chi connectivity index (χ1) is 10.0. The Morgan fingerprint density at radius 1 is 1.14 bits per heavy atom. The molecule has 2 nitrogen and oxygen atoms in total. The highest BCUT2D eigenvalue weighted by molar-refractivity contribution is 6.17. The van der Waals surface area contributed by atoms with Crippen molar-refractivity contribution in [2.45, 2.75) is 18.8 Å². The van der Waals surface area contributed by atoms with Crippen molar-refractivity contribution in [1.82, 2.24) is 4.90 Å². The van der Waals surface area contributed by atoms with E-state index in [1.807, 2.05) is 19.1 Å². The molecule has 0 saturated heterocycles. The SMILES string of the molecule is CC(c1ccc(F)cc1)N(C)C(=O)c1ccc(CCl)cc1. The first kappa shape index (κ1) is 15.5. The molecule has 1 unspecified atom stereocenters. The summed E-state index contributed by atoms with van der Waals surface area (Å²) in [4.78, 5) is 14.1. The van der Waals surface area contributed by atoms with Crippen LogP contribution in [-0.2, 0) is 5.88 Å². The Balaban J connectivity index is 2.15. The monoisotopic (exact) mass is 305 g/mol. The average molecular weight is 306 g/mol. The molecule has 0 heterocycles. The standard InChI is InChI=1S/C17H17ClFNO/c1-12(14-7-9-16(19)10-8-14)20(2)17(21)15-5-3-13(11-18)4-6-15/h3-10,12H,11H2,1-2H3. The highest BCUT2D eigenvalue weighted by Gasteiger charge is 2.18. The van der Waals surface area contributed by atoms with E-state index < -0.39 is 0 Å². The Morgan fingerprint density at radius 3 is 2.24 bits per heavy atom. The predicted octanol–water partition coefficient (Wildman–Crippen LogP) is 4.40. The molecule has 0 N–H and O–H groups in total. The average Bonchev–Trinajstić information content (AvgIpc) is 2.53. The minimum absolute atomic E-state index is 0.0760. The highest BCUT2D eigenvalue weighted by atomic mass is 35.5. The van der Waals surface area contributed by atoms with Gasteiger partial charge in [0.1, 0.15) is 5.82 Å². The molecule has 1 atom stereocenters. The molecule has 4 heteroatoms. The van der Waals surface area contributed by atoms with E-state index in [0.29, 0.717) is 11.4 Å². The van der Waals surface area contributed by atoms with Gasteiger partial charge in [-0.05, 0) is 42.3 Å². The molecule has 110 valence electrons. The molecular weight excluding hydrogens is 289 g/mol. The Bertz CT molecular complexity index is 610. The van der Waals surface area contributed by atoms with Crippen molar-refractivity contribution in [2.75, 3.05) is 7.05 Å². The summed E-state index contributed by atoms with van der Waals surface area (Å²) < 4.78 is 13.0. The predicted molar refractivity (Wildman–Crippen MR) is 82.9 cm³/mol. The van der Waals surface area contributed by atoms with Gasteiger partial charge in [-0.2, -0.15) is 0 Å². The largest absolute Gasteiger partial charge is 0.335 e. The number of hydrogen-bond acceptors (Lipinski definition) is 1. The van der Waals surface area contributed by atoms with E-state index in [-0.39, 0.29) is 17.8 Å². The van der Waals surface area contributed by atoms with Crippen LogP contribution in [0.25, 0.3) is 0 Å². The van der Waals surface area contributed by atoms with Crippen LogP contribution in [0.5, 0.6) is 0 Å². The third-order valence-corrected chi connectivity index (χ3v) is 3.92. The van der Waals surface area contributed by atoms with Gasteiger partial charge in [0, 0.05) is 18.5 Å². The zero-order chi connectivity index (χ0) is 15.4. The molecule has 2 rings (SSSR count). The lowest BCUT2D eigenvalue weighted by Gasteiger charge is -2.25. The van der Waals surface area contributed by atoms with Gasteiger partial charge in [-0.15, -0.1) is 11.6 Å². The van der Waals surface area contributed by atoms with Crippen molar-refractivity contribution in [3.8, 4) is 0 Å². The van der Waals surface area contributed by atoms with E-state index in [1.165, 1.54) is 12.1 Å². The minimum Gasteiger partial charge on any atom is -0.335 e. The van der Waals surface area contributed by atoms with Crippen LogP contribution in [-0.4, -0.2) is 17.9 Å². The summed E-state index contributed by atoms with van der Waals surface area (Å²) in [6.45, 7) is 1.91. The molecular formula is C17H17ClFNO. The summed E-state index contributed by atoms with van der Waals surface area (Å²) in [5, 5.41) is 0. The molecule has 1 amide bonds. The van der Waals surface area contributed by atoms with Gasteiger partial charge >= 0.3 is 0 Å². The second kappa shape index (κ2) is 6.72. The second-order valence-corrected chi connectivity index (χ2v) is 5.24. The summed E-state index contributed by atoms with van der Waals surface area (Å²) in [6, 6.07) is 13.3. The van der Waals surface area contributed by atoms with E-state index >= 15 is 0 Å². The third kappa shape index (κ3) is 3.61. The lowest BCUT2D eigenvalue weighted by molar-refractivity contribution is 0.0742. The summed E-state index contributed by atoms with van der Waals surface area (Å²) in [6.07, 6.45) is 0. The van der Waals surface area contributed by atoms with Crippen molar-refractivity contribution < 1.29 is 9.18 Å². The molecule has 0 fully saturated rings. The molecule has 0 aliphatic heterocycles. The Labute approximate surface area is 129 Å². The van der Waals surface area contributed by atoms with Crippen molar-refractivity contribution >= 4 is 17.5 Å². The van der Waals surface area contributed by atoms with Gasteiger partial charge in [0.25, 0.3) is 5.91 Å². The first-order valence-corrected chi connectivity index (χ1v) is 7.24. The number of halogens is 2. The van der Waals surface area contributed by atoms with Gasteiger partial charge in [0.05, 0.1) is 6.04 Å². The molecule has 0 aliphatic rings. The fourth-order valence-electron chi connectivity index (χ4n) is 2.08. The van der Waals surface area contributed by atoms with E-state index in [9.17, 15) is 9.18 Å². The molecule has 0 spiro atoms. The van der Waals surface area contributed by atoms with E-state index in [1.54, 1.807) is 36.2 Å². The summed E-state index contributed by atoms with van der Waals surface area (Å²) in [5.41, 5.74) is 2.48. The molecule has 0 aromatic heterocycles. The maximum Gasteiger partial charge on any atom is 0.254 e. The lowest BCUT2D eigenvalue weighted by atomic mass is 10.1. The van der Waals surface area contributed by atoms with Crippen molar-refractivity contribution in [3.05, 3.63) is 71.0 Å². The number of carbonyl (C=O) groups is 1. The number of alkyl halides is 1. The zero-order valence-corrected chi connectivity index (χ0v) is 12.8. The van der Waals surface area contributed by atoms with Gasteiger partial charge in [-0.1, -0.05) is 24.3 Å². The van der Waals surface area contributed by atoms with Gasteiger partial charge in [0.2, 0.25) is 0 Å². The second-order valence-electron chi connectivity index (χ2n) is 4.97. The minimum atomic E-state index is -0.281. The Hall–Kier alpha value is -1.87. The van der Waals surface area contributed by atoms with Gasteiger partial charge in [-0.25, -0.2) is 4.39 Å². The molecule has 0 bridgehead atoms. The number of rotatable bonds is 4.